The summed E-state index contributed by atoms with van der Waals surface area (Å²) in [5, 5.41) is -0.319. The Bertz CT molecular complexity index is 1660. The van der Waals surface area contributed by atoms with Crippen LogP contribution in [-0.2, 0) is 0 Å². The second-order valence-corrected chi connectivity index (χ2v) is 8.37. The number of aromatic nitrogens is 2. The number of aryl methyl sites for hydroxylation is 2. The number of fused-ring (bicyclic) bond motifs is 3. The molecule has 5 rings (SSSR count). The van der Waals surface area contributed by atoms with Crippen molar-refractivity contribution in [1.29, 1.82) is 0 Å². The van der Waals surface area contributed by atoms with Gasteiger partial charge in [-0.05, 0) is 37.1 Å². The van der Waals surface area contributed by atoms with Gasteiger partial charge in [0.1, 0.15) is 0 Å². The van der Waals surface area contributed by atoms with Gasteiger partial charge in [0.05, 0.1) is 22.2 Å². The summed E-state index contributed by atoms with van der Waals surface area (Å²) < 4.78 is 142. The van der Waals surface area contributed by atoms with Crippen molar-refractivity contribution in [3.8, 4) is 22.3 Å². The molecule has 0 bridgehead atoms. The smallest absolute Gasteiger partial charge is 0.200 e. The van der Waals surface area contributed by atoms with Crippen molar-refractivity contribution in [3.05, 3.63) is 93.8 Å². The molecule has 0 aliphatic rings. The number of nitrogens with zero attached hydrogens (tertiary/aromatic N) is 2. The maximum atomic E-state index is 14.7. The predicted octanol–water partition coefficient (Wildman–Crippen LogP) is 8.12. The fraction of sp³-hybridized carbons (Fsp3) is 0.0769. The number of pyridine rings is 2. The Morgan fingerprint density at radius 1 is 0.421 bits per heavy atom. The van der Waals surface area contributed by atoms with Crippen LogP contribution in [0.25, 0.3) is 44.1 Å². The van der Waals surface area contributed by atoms with E-state index in [2.05, 4.69) is 9.97 Å². The fourth-order valence-corrected chi connectivity index (χ4v) is 4.33. The number of benzene rings is 3. The summed E-state index contributed by atoms with van der Waals surface area (Å²) in [5.41, 5.74) is -3.71. The van der Waals surface area contributed by atoms with Gasteiger partial charge in [-0.1, -0.05) is 12.1 Å². The third kappa shape index (κ3) is 3.50. The molecule has 3 aromatic carbocycles. The highest BCUT2D eigenvalue weighted by Gasteiger charge is 2.30. The summed E-state index contributed by atoms with van der Waals surface area (Å²) >= 11 is 0. The Kier molecular flexibility index (Phi) is 5.80. The molecule has 0 aliphatic heterocycles. The van der Waals surface area contributed by atoms with Crippen molar-refractivity contribution < 1.29 is 43.9 Å². The summed E-state index contributed by atoms with van der Waals surface area (Å²) in [4.78, 5) is 8.43. The molecule has 0 saturated heterocycles. The van der Waals surface area contributed by atoms with Crippen LogP contribution in [0, 0.1) is 72.0 Å². The van der Waals surface area contributed by atoms with Gasteiger partial charge in [-0.15, -0.1) is 0 Å². The lowest BCUT2D eigenvalue weighted by Gasteiger charge is -2.15. The van der Waals surface area contributed by atoms with Crippen LogP contribution in [0.2, 0.25) is 0 Å². The molecule has 0 radical (unpaired) electrons. The molecule has 2 heterocycles. The van der Waals surface area contributed by atoms with E-state index in [0.717, 1.165) is 24.3 Å². The maximum Gasteiger partial charge on any atom is 0.200 e. The fourth-order valence-electron chi connectivity index (χ4n) is 4.33. The third-order valence-electron chi connectivity index (χ3n) is 5.97. The molecule has 5 aromatic rings. The first kappa shape index (κ1) is 25.4. The van der Waals surface area contributed by atoms with Crippen LogP contribution in [0.4, 0.5) is 43.9 Å². The minimum atomic E-state index is -2.35. The molecule has 0 atom stereocenters. The van der Waals surface area contributed by atoms with Crippen molar-refractivity contribution in [2.24, 2.45) is 0 Å². The summed E-state index contributed by atoms with van der Waals surface area (Å²) in [6, 6.07) is 4.33. The first-order chi connectivity index (χ1) is 17.8. The Hall–Kier alpha value is -4.22. The van der Waals surface area contributed by atoms with Crippen LogP contribution >= 0.6 is 0 Å². The topological polar surface area (TPSA) is 25.8 Å². The van der Waals surface area contributed by atoms with E-state index in [9.17, 15) is 43.9 Å². The molecule has 38 heavy (non-hydrogen) atoms. The lowest BCUT2D eigenvalue weighted by Crippen LogP contribution is -2.06. The Morgan fingerprint density at radius 2 is 0.684 bits per heavy atom. The van der Waals surface area contributed by atoms with E-state index in [1.165, 1.54) is 13.8 Å². The van der Waals surface area contributed by atoms with Crippen molar-refractivity contribution in [3.63, 3.8) is 0 Å². The summed E-state index contributed by atoms with van der Waals surface area (Å²) in [6.45, 7) is 2.68. The molecule has 194 valence electrons. The summed E-state index contributed by atoms with van der Waals surface area (Å²) in [5.74, 6) is -21.8. The highest BCUT2D eigenvalue weighted by atomic mass is 19.2. The van der Waals surface area contributed by atoms with Crippen LogP contribution in [0.15, 0.2) is 24.3 Å². The Balaban J connectivity index is 1.93. The first-order valence-electron chi connectivity index (χ1n) is 10.6. The number of halogens is 10. The van der Waals surface area contributed by atoms with Gasteiger partial charge in [0.2, 0.25) is 11.6 Å². The maximum absolute atomic E-state index is 14.7. The predicted molar refractivity (Wildman–Crippen MR) is 117 cm³/mol. The quantitative estimate of drug-likeness (QED) is 0.0978. The SMILES string of the molecule is Cc1cc(-c2c(F)c(F)c(F)c(F)c2F)c2ccc3c(-c4c(F)c(F)c(F)c(F)c4F)cc(C)nc3c2n1. The standard InChI is InChI=1S/C26H10F10N2/c1-7-5-11(13-15(27)19(31)23(35)20(32)16(13)28)9-3-4-10-12(6-8(2)38-26(10)25(9)37-7)14-17(29)21(33)24(36)22(34)18(14)30/h3-6H,1-2H3. The van der Waals surface area contributed by atoms with E-state index in [0.29, 0.717) is 0 Å². The highest BCUT2D eigenvalue weighted by molar-refractivity contribution is 6.12. The summed E-state index contributed by atoms with van der Waals surface area (Å²) in [6.07, 6.45) is 0. The van der Waals surface area contributed by atoms with E-state index >= 15 is 0 Å². The largest absolute Gasteiger partial charge is 0.251 e. The zero-order valence-electron chi connectivity index (χ0n) is 19.0. The molecule has 12 heteroatoms. The normalized spacial score (nSPS) is 11.7. The molecule has 0 spiro atoms. The van der Waals surface area contributed by atoms with Crippen LogP contribution in [0.3, 0.4) is 0 Å². The van der Waals surface area contributed by atoms with E-state index in [1.54, 1.807) is 0 Å². The van der Waals surface area contributed by atoms with Crippen LogP contribution in [-0.4, -0.2) is 9.97 Å². The number of rotatable bonds is 2. The molecule has 0 N–H and O–H groups in total. The molecular weight excluding hydrogens is 530 g/mol. The minimum absolute atomic E-state index is 0.0324. The van der Waals surface area contributed by atoms with Gasteiger partial charge in [0, 0.05) is 22.2 Å². The highest BCUT2D eigenvalue weighted by Crippen LogP contribution is 2.41. The van der Waals surface area contributed by atoms with Gasteiger partial charge in [-0.2, -0.15) is 0 Å². The molecule has 0 aliphatic carbocycles. The summed E-state index contributed by atoms with van der Waals surface area (Å²) in [7, 11) is 0. The van der Waals surface area contributed by atoms with Gasteiger partial charge in [0.15, 0.2) is 46.5 Å². The van der Waals surface area contributed by atoms with E-state index < -0.39 is 80.4 Å². The molecular formula is C26H10F10N2. The van der Waals surface area contributed by atoms with Crippen molar-refractivity contribution in [2.75, 3.05) is 0 Å². The average molecular weight is 540 g/mol. The van der Waals surface area contributed by atoms with Gasteiger partial charge < -0.3 is 0 Å². The van der Waals surface area contributed by atoms with E-state index in [4.69, 9.17) is 0 Å². The zero-order chi connectivity index (χ0) is 27.8. The Labute approximate surface area is 206 Å². The zero-order valence-corrected chi connectivity index (χ0v) is 19.0. The lowest BCUT2D eigenvalue weighted by molar-refractivity contribution is 0.381. The van der Waals surface area contributed by atoms with Crippen molar-refractivity contribution in [1.82, 2.24) is 9.97 Å². The Morgan fingerprint density at radius 3 is 0.974 bits per heavy atom. The van der Waals surface area contributed by atoms with Gasteiger partial charge in [0.25, 0.3) is 0 Å². The third-order valence-corrected chi connectivity index (χ3v) is 5.97. The second-order valence-electron chi connectivity index (χ2n) is 8.37. The minimum Gasteiger partial charge on any atom is -0.251 e. The molecule has 0 saturated carbocycles. The van der Waals surface area contributed by atoms with Crippen LogP contribution < -0.4 is 0 Å². The van der Waals surface area contributed by atoms with E-state index in [1.807, 2.05) is 0 Å². The van der Waals surface area contributed by atoms with Crippen LogP contribution in [0.1, 0.15) is 11.4 Å². The number of hydrogen-bond donors (Lipinski definition) is 0. The molecule has 2 nitrogen and oxygen atoms in total. The first-order valence-corrected chi connectivity index (χ1v) is 10.6. The monoisotopic (exact) mass is 540 g/mol. The molecule has 0 unspecified atom stereocenters. The van der Waals surface area contributed by atoms with Crippen molar-refractivity contribution >= 4 is 21.8 Å². The van der Waals surface area contributed by atoms with Gasteiger partial charge >= 0.3 is 0 Å². The molecule has 0 amide bonds. The average Bonchev–Trinajstić information content (AvgIpc) is 2.88. The van der Waals surface area contributed by atoms with E-state index in [-0.39, 0.29) is 33.2 Å². The van der Waals surface area contributed by atoms with Gasteiger partial charge in [-0.3, -0.25) is 9.97 Å². The van der Waals surface area contributed by atoms with Crippen LogP contribution in [0.5, 0.6) is 0 Å². The lowest BCUT2D eigenvalue weighted by atomic mass is 9.94. The molecule has 0 fully saturated rings. The van der Waals surface area contributed by atoms with Gasteiger partial charge in [-0.25, -0.2) is 43.9 Å². The second kappa shape index (κ2) is 8.67. The number of hydrogen-bond acceptors (Lipinski definition) is 2. The van der Waals surface area contributed by atoms with Crippen molar-refractivity contribution in [2.45, 2.75) is 13.8 Å². The molecule has 2 aromatic heterocycles.